The number of hydrogen-bond donors (Lipinski definition) is 0. The Bertz CT molecular complexity index is 639. The second-order valence-electron chi connectivity index (χ2n) is 5.72. The van der Waals surface area contributed by atoms with Crippen LogP contribution in [0.3, 0.4) is 0 Å². The summed E-state index contributed by atoms with van der Waals surface area (Å²) in [5, 5.41) is 5.42. The van der Waals surface area contributed by atoms with Crippen molar-refractivity contribution in [3.8, 4) is 0 Å². The number of ether oxygens (including phenoxy) is 1. The highest BCUT2D eigenvalue weighted by Crippen LogP contribution is 2.23. The zero-order chi connectivity index (χ0) is 14.3. The molecule has 3 rings (SSSR count). The van der Waals surface area contributed by atoms with Gasteiger partial charge < -0.3 is 4.74 Å². The summed E-state index contributed by atoms with van der Waals surface area (Å²) in [5.41, 5.74) is 0.751. The van der Waals surface area contributed by atoms with Crippen LogP contribution in [0.15, 0.2) is 6.20 Å². The predicted molar refractivity (Wildman–Crippen MR) is 76.6 cm³/mol. The van der Waals surface area contributed by atoms with Crippen LogP contribution in [-0.4, -0.2) is 49.9 Å². The van der Waals surface area contributed by atoms with Gasteiger partial charge in [0.25, 0.3) is 0 Å². The SMILES string of the molecule is Cn1ncc2c(Cl)nc(CN3CCOCC3(C)C)nc21. The quantitative estimate of drug-likeness (QED) is 0.788. The molecule has 1 fully saturated rings. The van der Waals surface area contributed by atoms with Crippen LogP contribution in [0.1, 0.15) is 19.7 Å². The van der Waals surface area contributed by atoms with Crippen LogP contribution in [0.4, 0.5) is 0 Å². The molecule has 0 spiro atoms. The highest BCUT2D eigenvalue weighted by Gasteiger charge is 2.31. The minimum absolute atomic E-state index is 0.0184. The van der Waals surface area contributed by atoms with Gasteiger partial charge in [-0.15, -0.1) is 0 Å². The maximum atomic E-state index is 6.22. The molecule has 1 saturated heterocycles. The monoisotopic (exact) mass is 295 g/mol. The lowest BCUT2D eigenvalue weighted by atomic mass is 10.0. The average molecular weight is 296 g/mol. The van der Waals surface area contributed by atoms with Crippen LogP contribution in [-0.2, 0) is 18.3 Å². The summed E-state index contributed by atoms with van der Waals surface area (Å²) in [5.74, 6) is 0.723. The molecule has 3 heterocycles. The maximum Gasteiger partial charge on any atom is 0.162 e. The lowest BCUT2D eigenvalue weighted by Crippen LogP contribution is -2.52. The summed E-state index contributed by atoms with van der Waals surface area (Å²) >= 11 is 6.22. The van der Waals surface area contributed by atoms with Crippen molar-refractivity contribution in [2.24, 2.45) is 7.05 Å². The van der Waals surface area contributed by atoms with Crippen LogP contribution >= 0.6 is 11.6 Å². The number of fused-ring (bicyclic) bond motifs is 1. The first-order chi connectivity index (χ1) is 9.47. The Morgan fingerprint density at radius 1 is 1.40 bits per heavy atom. The normalized spacial score (nSPS) is 19.6. The Kier molecular flexibility index (Phi) is 3.40. The molecular formula is C13H18ClN5O. The standard InChI is InChI=1S/C13H18ClN5O/c1-13(2)8-20-5-4-19(13)7-10-16-11(14)9-6-15-18(3)12(9)17-10/h6H,4-5,7-8H2,1-3H3. The maximum absolute atomic E-state index is 6.22. The van der Waals surface area contributed by atoms with E-state index < -0.39 is 0 Å². The fraction of sp³-hybridized carbons (Fsp3) is 0.615. The van der Waals surface area contributed by atoms with Gasteiger partial charge in [0.2, 0.25) is 0 Å². The Morgan fingerprint density at radius 3 is 2.95 bits per heavy atom. The van der Waals surface area contributed by atoms with E-state index in [9.17, 15) is 0 Å². The Labute approximate surface area is 122 Å². The molecule has 0 radical (unpaired) electrons. The van der Waals surface area contributed by atoms with E-state index in [1.165, 1.54) is 0 Å². The van der Waals surface area contributed by atoms with Gasteiger partial charge in [0.15, 0.2) is 5.65 Å². The van der Waals surface area contributed by atoms with Crippen molar-refractivity contribution < 1.29 is 4.74 Å². The predicted octanol–water partition coefficient (Wildman–Crippen LogP) is 1.63. The second kappa shape index (κ2) is 4.95. The molecule has 7 heteroatoms. The van der Waals surface area contributed by atoms with E-state index >= 15 is 0 Å². The van der Waals surface area contributed by atoms with Crippen molar-refractivity contribution in [1.82, 2.24) is 24.6 Å². The molecule has 0 saturated carbocycles. The molecule has 0 unspecified atom stereocenters. The van der Waals surface area contributed by atoms with E-state index in [1.807, 2.05) is 7.05 Å². The molecule has 0 bridgehead atoms. The first-order valence-corrected chi connectivity index (χ1v) is 7.02. The fourth-order valence-electron chi connectivity index (χ4n) is 2.46. The topological polar surface area (TPSA) is 56.1 Å². The van der Waals surface area contributed by atoms with Crippen LogP contribution in [0.2, 0.25) is 5.15 Å². The molecule has 20 heavy (non-hydrogen) atoms. The van der Waals surface area contributed by atoms with Crippen LogP contribution in [0, 0.1) is 0 Å². The van der Waals surface area contributed by atoms with Gasteiger partial charge in [-0.3, -0.25) is 9.58 Å². The van der Waals surface area contributed by atoms with Crippen molar-refractivity contribution in [3.63, 3.8) is 0 Å². The Balaban J connectivity index is 1.92. The summed E-state index contributed by atoms with van der Waals surface area (Å²) in [7, 11) is 1.86. The van der Waals surface area contributed by atoms with E-state index in [1.54, 1.807) is 10.9 Å². The van der Waals surface area contributed by atoms with E-state index in [0.29, 0.717) is 18.3 Å². The number of rotatable bonds is 2. The third kappa shape index (κ3) is 2.39. The molecule has 108 valence electrons. The zero-order valence-electron chi connectivity index (χ0n) is 11.9. The van der Waals surface area contributed by atoms with Crippen molar-refractivity contribution >= 4 is 22.6 Å². The summed E-state index contributed by atoms with van der Waals surface area (Å²) in [4.78, 5) is 11.3. The molecule has 0 aromatic carbocycles. The number of nitrogens with zero attached hydrogens (tertiary/aromatic N) is 5. The molecule has 2 aromatic rings. The van der Waals surface area contributed by atoms with Crippen LogP contribution in [0.25, 0.3) is 11.0 Å². The third-order valence-corrected chi connectivity index (χ3v) is 4.03. The minimum Gasteiger partial charge on any atom is -0.378 e. The number of aromatic nitrogens is 4. The van der Waals surface area contributed by atoms with Gasteiger partial charge in [0.05, 0.1) is 31.3 Å². The number of halogens is 1. The lowest BCUT2D eigenvalue weighted by molar-refractivity contribution is -0.0563. The van der Waals surface area contributed by atoms with E-state index in [0.717, 1.165) is 30.0 Å². The van der Waals surface area contributed by atoms with Gasteiger partial charge in [-0.05, 0) is 13.8 Å². The van der Waals surface area contributed by atoms with Crippen molar-refractivity contribution in [2.45, 2.75) is 25.9 Å². The summed E-state index contributed by atoms with van der Waals surface area (Å²) in [6.07, 6.45) is 1.69. The second-order valence-corrected chi connectivity index (χ2v) is 6.08. The summed E-state index contributed by atoms with van der Waals surface area (Å²) in [6, 6.07) is 0. The minimum atomic E-state index is -0.0184. The van der Waals surface area contributed by atoms with Crippen molar-refractivity contribution in [3.05, 3.63) is 17.2 Å². The molecule has 0 amide bonds. The highest BCUT2D eigenvalue weighted by atomic mass is 35.5. The molecule has 6 nitrogen and oxygen atoms in total. The summed E-state index contributed by atoms with van der Waals surface area (Å²) < 4.78 is 7.25. The van der Waals surface area contributed by atoms with Crippen molar-refractivity contribution in [2.75, 3.05) is 19.8 Å². The Hall–Kier alpha value is -1.24. The highest BCUT2D eigenvalue weighted by molar-refractivity contribution is 6.33. The van der Waals surface area contributed by atoms with Gasteiger partial charge >= 0.3 is 0 Å². The molecule has 0 N–H and O–H groups in total. The lowest BCUT2D eigenvalue weighted by Gasteiger charge is -2.41. The number of aryl methyl sites for hydroxylation is 1. The van der Waals surface area contributed by atoms with E-state index in [-0.39, 0.29) is 5.54 Å². The molecular weight excluding hydrogens is 278 g/mol. The fourth-order valence-corrected chi connectivity index (χ4v) is 2.69. The first kappa shape index (κ1) is 13.7. The molecule has 0 aliphatic carbocycles. The molecule has 1 aliphatic rings. The number of hydrogen-bond acceptors (Lipinski definition) is 5. The number of morpholine rings is 1. The van der Waals surface area contributed by atoms with Gasteiger partial charge in [0, 0.05) is 19.1 Å². The van der Waals surface area contributed by atoms with Crippen LogP contribution in [0.5, 0.6) is 0 Å². The third-order valence-electron chi connectivity index (χ3n) is 3.74. The smallest absolute Gasteiger partial charge is 0.162 e. The first-order valence-electron chi connectivity index (χ1n) is 6.64. The summed E-state index contributed by atoms with van der Waals surface area (Å²) in [6.45, 7) is 7.32. The Morgan fingerprint density at radius 2 is 2.20 bits per heavy atom. The molecule has 0 atom stereocenters. The van der Waals surface area contributed by atoms with E-state index in [2.05, 4.69) is 33.8 Å². The molecule has 2 aromatic heterocycles. The largest absolute Gasteiger partial charge is 0.378 e. The van der Waals surface area contributed by atoms with Gasteiger partial charge in [-0.1, -0.05) is 11.6 Å². The van der Waals surface area contributed by atoms with Crippen LogP contribution < -0.4 is 0 Å². The van der Waals surface area contributed by atoms with E-state index in [4.69, 9.17) is 16.3 Å². The van der Waals surface area contributed by atoms with Crippen molar-refractivity contribution in [1.29, 1.82) is 0 Å². The molecule has 1 aliphatic heterocycles. The zero-order valence-corrected chi connectivity index (χ0v) is 12.7. The van der Waals surface area contributed by atoms with Gasteiger partial charge in [-0.25, -0.2) is 9.97 Å². The van der Waals surface area contributed by atoms with Gasteiger partial charge in [0.1, 0.15) is 11.0 Å². The average Bonchev–Trinajstić information content (AvgIpc) is 2.75. The van der Waals surface area contributed by atoms with Gasteiger partial charge in [-0.2, -0.15) is 5.10 Å².